The third kappa shape index (κ3) is 2.10. The highest BCUT2D eigenvalue weighted by Gasteiger charge is 2.27. The minimum absolute atomic E-state index is 0.359. The standard InChI is InChI=1S/C15H15ClN2O2/c1-20-15(19)14-13(10-6-2-3-7-11(10)16)12-8-4-5-9-18(12)17-14/h2-3,6-7H,4-5,8-9H2,1H3. The topological polar surface area (TPSA) is 44.1 Å². The summed E-state index contributed by atoms with van der Waals surface area (Å²) in [4.78, 5) is 12.0. The maximum atomic E-state index is 12.0. The monoisotopic (exact) mass is 290 g/mol. The lowest BCUT2D eigenvalue weighted by molar-refractivity contribution is 0.0594. The Kier molecular flexibility index (Phi) is 3.49. The third-order valence-electron chi connectivity index (χ3n) is 3.61. The van der Waals surface area contributed by atoms with E-state index < -0.39 is 5.97 Å². The van der Waals surface area contributed by atoms with Crippen molar-refractivity contribution in [3.8, 4) is 11.1 Å². The van der Waals surface area contributed by atoms with Gasteiger partial charge in [-0.25, -0.2) is 4.79 Å². The van der Waals surface area contributed by atoms with E-state index in [1.807, 2.05) is 28.9 Å². The molecule has 1 aliphatic heterocycles. The van der Waals surface area contributed by atoms with Crippen molar-refractivity contribution >= 4 is 17.6 Å². The number of esters is 1. The lowest BCUT2D eigenvalue weighted by atomic mass is 9.98. The van der Waals surface area contributed by atoms with Crippen LogP contribution in [0.3, 0.4) is 0 Å². The zero-order chi connectivity index (χ0) is 14.1. The highest BCUT2D eigenvalue weighted by Crippen LogP contribution is 2.35. The summed E-state index contributed by atoms with van der Waals surface area (Å²) in [5, 5.41) is 5.05. The van der Waals surface area contributed by atoms with Gasteiger partial charge < -0.3 is 4.74 Å². The van der Waals surface area contributed by atoms with Crippen molar-refractivity contribution in [2.45, 2.75) is 25.8 Å². The van der Waals surface area contributed by atoms with Crippen molar-refractivity contribution in [3.63, 3.8) is 0 Å². The molecule has 20 heavy (non-hydrogen) atoms. The first-order valence-electron chi connectivity index (χ1n) is 6.65. The minimum atomic E-state index is -0.415. The summed E-state index contributed by atoms with van der Waals surface area (Å²) in [5.41, 5.74) is 3.10. The Morgan fingerprint density at radius 1 is 1.35 bits per heavy atom. The number of methoxy groups -OCH3 is 1. The van der Waals surface area contributed by atoms with E-state index in [1.165, 1.54) is 7.11 Å². The number of aromatic nitrogens is 2. The van der Waals surface area contributed by atoms with Gasteiger partial charge in [0.2, 0.25) is 0 Å². The van der Waals surface area contributed by atoms with Gasteiger partial charge in [-0.05, 0) is 25.3 Å². The maximum absolute atomic E-state index is 12.0. The van der Waals surface area contributed by atoms with Gasteiger partial charge in [0, 0.05) is 28.4 Å². The lowest BCUT2D eigenvalue weighted by Gasteiger charge is -2.15. The zero-order valence-electron chi connectivity index (χ0n) is 11.2. The van der Waals surface area contributed by atoms with Crippen LogP contribution in [0.5, 0.6) is 0 Å². The lowest BCUT2D eigenvalue weighted by Crippen LogP contribution is -2.11. The number of halogens is 1. The molecule has 0 amide bonds. The predicted molar refractivity (Wildman–Crippen MR) is 77.0 cm³/mol. The van der Waals surface area contributed by atoms with Crippen molar-refractivity contribution in [3.05, 3.63) is 40.7 Å². The predicted octanol–water partition coefficient (Wildman–Crippen LogP) is 3.33. The summed E-state index contributed by atoms with van der Waals surface area (Å²) in [7, 11) is 1.37. The van der Waals surface area contributed by atoms with Crippen LogP contribution in [0.15, 0.2) is 24.3 Å². The van der Waals surface area contributed by atoms with E-state index in [-0.39, 0.29) is 0 Å². The van der Waals surface area contributed by atoms with E-state index >= 15 is 0 Å². The van der Waals surface area contributed by atoms with Gasteiger partial charge in [0.25, 0.3) is 0 Å². The molecular formula is C15H15ClN2O2. The molecule has 0 unspecified atom stereocenters. The van der Waals surface area contributed by atoms with Gasteiger partial charge in [-0.1, -0.05) is 29.8 Å². The van der Waals surface area contributed by atoms with Crippen LogP contribution >= 0.6 is 11.6 Å². The van der Waals surface area contributed by atoms with Crippen molar-refractivity contribution in [1.82, 2.24) is 9.78 Å². The Bertz CT molecular complexity index is 664. The molecule has 1 aromatic heterocycles. The van der Waals surface area contributed by atoms with Crippen LogP contribution in [0.4, 0.5) is 0 Å². The van der Waals surface area contributed by atoms with Crippen LogP contribution in [-0.4, -0.2) is 22.9 Å². The highest BCUT2D eigenvalue weighted by molar-refractivity contribution is 6.33. The van der Waals surface area contributed by atoms with Crippen LogP contribution in [0.25, 0.3) is 11.1 Å². The first kappa shape index (κ1) is 13.2. The Morgan fingerprint density at radius 2 is 2.15 bits per heavy atom. The quantitative estimate of drug-likeness (QED) is 0.797. The minimum Gasteiger partial charge on any atom is -0.464 e. The van der Waals surface area contributed by atoms with Crippen molar-refractivity contribution in [2.75, 3.05) is 7.11 Å². The number of rotatable bonds is 2. The molecule has 0 saturated heterocycles. The summed E-state index contributed by atoms with van der Waals surface area (Å²) < 4.78 is 6.77. The summed E-state index contributed by atoms with van der Waals surface area (Å²) in [6, 6.07) is 7.53. The number of benzene rings is 1. The van der Waals surface area contributed by atoms with Gasteiger partial charge in [-0.2, -0.15) is 5.10 Å². The van der Waals surface area contributed by atoms with Crippen LogP contribution in [0, 0.1) is 0 Å². The van der Waals surface area contributed by atoms with E-state index in [4.69, 9.17) is 16.3 Å². The maximum Gasteiger partial charge on any atom is 0.359 e. The third-order valence-corrected chi connectivity index (χ3v) is 3.94. The number of hydrogen-bond acceptors (Lipinski definition) is 3. The van der Waals surface area contributed by atoms with Crippen molar-refractivity contribution < 1.29 is 9.53 Å². The number of nitrogens with zero attached hydrogens (tertiary/aromatic N) is 2. The zero-order valence-corrected chi connectivity index (χ0v) is 12.0. The van der Waals surface area contributed by atoms with Gasteiger partial charge >= 0.3 is 5.97 Å². The molecule has 2 aromatic rings. The average molecular weight is 291 g/mol. The molecule has 104 valence electrons. The van der Waals surface area contributed by atoms with Crippen LogP contribution in [0.2, 0.25) is 5.02 Å². The van der Waals surface area contributed by atoms with Gasteiger partial charge in [0.1, 0.15) is 0 Å². The molecule has 0 N–H and O–H groups in total. The second-order valence-electron chi connectivity index (χ2n) is 4.82. The molecule has 0 atom stereocenters. The molecule has 0 bridgehead atoms. The molecule has 0 aliphatic carbocycles. The number of aryl methyl sites for hydroxylation is 1. The molecule has 3 rings (SSSR count). The highest BCUT2D eigenvalue weighted by atomic mass is 35.5. The second kappa shape index (κ2) is 5.29. The Morgan fingerprint density at radius 3 is 2.90 bits per heavy atom. The number of carbonyl (C=O) groups is 1. The Labute approximate surface area is 122 Å². The smallest absolute Gasteiger partial charge is 0.359 e. The molecule has 0 saturated carbocycles. The van der Waals surface area contributed by atoms with Gasteiger partial charge in [-0.3, -0.25) is 4.68 Å². The molecule has 1 aliphatic rings. The fourth-order valence-electron chi connectivity index (χ4n) is 2.68. The Hall–Kier alpha value is -1.81. The number of ether oxygens (including phenoxy) is 1. The second-order valence-corrected chi connectivity index (χ2v) is 5.23. The van der Waals surface area contributed by atoms with Gasteiger partial charge in [-0.15, -0.1) is 0 Å². The normalized spacial score (nSPS) is 13.9. The fraction of sp³-hybridized carbons (Fsp3) is 0.333. The molecule has 0 spiro atoms. The average Bonchev–Trinajstić information content (AvgIpc) is 2.86. The van der Waals surface area contributed by atoms with E-state index in [9.17, 15) is 4.79 Å². The first-order valence-corrected chi connectivity index (χ1v) is 7.03. The van der Waals surface area contributed by atoms with Crippen LogP contribution in [-0.2, 0) is 17.7 Å². The summed E-state index contributed by atoms with van der Waals surface area (Å²) in [5.74, 6) is -0.415. The van der Waals surface area contributed by atoms with Gasteiger partial charge in [0.05, 0.1) is 7.11 Å². The summed E-state index contributed by atoms with van der Waals surface area (Å²) >= 11 is 6.29. The molecule has 4 nitrogen and oxygen atoms in total. The fourth-order valence-corrected chi connectivity index (χ4v) is 2.91. The van der Waals surface area contributed by atoms with Crippen molar-refractivity contribution in [1.29, 1.82) is 0 Å². The van der Waals surface area contributed by atoms with E-state index in [1.54, 1.807) is 0 Å². The molecule has 1 aromatic carbocycles. The van der Waals surface area contributed by atoms with Crippen molar-refractivity contribution in [2.24, 2.45) is 0 Å². The molecule has 2 heterocycles. The Balaban J connectivity index is 2.24. The number of hydrogen-bond donors (Lipinski definition) is 0. The SMILES string of the molecule is COC(=O)c1nn2c(c1-c1ccccc1Cl)CCCC2. The summed E-state index contributed by atoms with van der Waals surface area (Å²) in [6.07, 6.45) is 3.09. The number of carbonyl (C=O) groups excluding carboxylic acids is 1. The van der Waals surface area contributed by atoms with Gasteiger partial charge in [0.15, 0.2) is 5.69 Å². The molecule has 0 fully saturated rings. The van der Waals surface area contributed by atoms with E-state index in [0.29, 0.717) is 10.7 Å². The van der Waals surface area contributed by atoms with Crippen LogP contribution < -0.4 is 0 Å². The van der Waals surface area contributed by atoms with Crippen LogP contribution in [0.1, 0.15) is 29.0 Å². The molecule has 5 heteroatoms. The largest absolute Gasteiger partial charge is 0.464 e. The first-order chi connectivity index (χ1) is 9.72. The van der Waals surface area contributed by atoms with E-state index in [0.717, 1.165) is 42.6 Å². The van der Waals surface area contributed by atoms with E-state index in [2.05, 4.69) is 5.10 Å². The molecule has 0 radical (unpaired) electrons. The summed E-state index contributed by atoms with van der Waals surface area (Å²) in [6.45, 7) is 0.837. The molecular weight excluding hydrogens is 276 g/mol. The number of fused-ring (bicyclic) bond motifs is 1.